The number of rotatable bonds is 4. The number of nitrogens with two attached hydrogens (primary N) is 1. The topological polar surface area (TPSA) is 58.4 Å². The number of piperidine rings is 1. The lowest BCUT2D eigenvalue weighted by molar-refractivity contribution is -0.129. The first kappa shape index (κ1) is 19.2. The molecule has 2 atom stereocenters. The average Bonchev–Trinajstić information content (AvgIpc) is 2.59. The minimum atomic E-state index is -0.815. The molecule has 1 heterocycles. The number of nitrogens with one attached hydrogen (secondary N) is 1. The molecule has 0 radical (unpaired) electrons. The van der Waals surface area contributed by atoms with Crippen LogP contribution in [0.15, 0.2) is 18.2 Å². The molecular weight excluding hydrogens is 336 g/mol. The summed E-state index contributed by atoms with van der Waals surface area (Å²) >= 11 is 0. The van der Waals surface area contributed by atoms with Crippen molar-refractivity contribution in [3.05, 3.63) is 35.4 Å². The Labute approximate surface area is 154 Å². The van der Waals surface area contributed by atoms with E-state index in [0.29, 0.717) is 6.54 Å². The average molecular weight is 365 g/mol. The quantitative estimate of drug-likeness (QED) is 0.862. The molecule has 0 spiro atoms. The molecule has 1 aromatic rings. The first-order chi connectivity index (χ1) is 12.3. The van der Waals surface area contributed by atoms with E-state index in [2.05, 4.69) is 10.2 Å². The van der Waals surface area contributed by atoms with Crippen LogP contribution in [-0.2, 0) is 11.3 Å². The smallest absolute Gasteiger partial charge is 0.225 e. The largest absolute Gasteiger partial charge is 0.353 e. The third-order valence-corrected chi connectivity index (χ3v) is 5.89. The van der Waals surface area contributed by atoms with E-state index < -0.39 is 17.2 Å². The molecule has 2 unspecified atom stereocenters. The summed E-state index contributed by atoms with van der Waals surface area (Å²) in [6.07, 6.45) is 5.66. The molecular formula is C20H29F2N3O. The third kappa shape index (κ3) is 4.60. The van der Waals surface area contributed by atoms with E-state index in [1.807, 2.05) is 6.92 Å². The van der Waals surface area contributed by atoms with Crippen LogP contribution >= 0.6 is 0 Å². The number of hydrogen-bond acceptors (Lipinski definition) is 3. The van der Waals surface area contributed by atoms with Crippen LogP contribution < -0.4 is 11.1 Å². The molecule has 3 rings (SSSR count). The van der Waals surface area contributed by atoms with Crippen LogP contribution in [0.3, 0.4) is 0 Å². The Balaban J connectivity index is 1.47. The van der Waals surface area contributed by atoms with Gasteiger partial charge in [0.05, 0.1) is 5.92 Å². The van der Waals surface area contributed by atoms with Crippen molar-refractivity contribution in [1.82, 2.24) is 10.2 Å². The van der Waals surface area contributed by atoms with Crippen molar-refractivity contribution >= 4 is 5.91 Å². The monoisotopic (exact) mass is 365 g/mol. The first-order valence-electron chi connectivity index (χ1n) is 9.61. The fourth-order valence-electron chi connectivity index (χ4n) is 4.22. The molecule has 0 bridgehead atoms. The third-order valence-electron chi connectivity index (χ3n) is 5.89. The lowest BCUT2D eigenvalue weighted by Crippen LogP contribution is -2.55. The molecule has 1 amide bonds. The van der Waals surface area contributed by atoms with Crippen LogP contribution in [0.4, 0.5) is 8.78 Å². The summed E-state index contributed by atoms with van der Waals surface area (Å²) in [7, 11) is 0. The number of benzene rings is 1. The van der Waals surface area contributed by atoms with E-state index >= 15 is 0 Å². The Kier molecular flexibility index (Phi) is 5.92. The van der Waals surface area contributed by atoms with Crippen LogP contribution in [0.2, 0.25) is 0 Å². The van der Waals surface area contributed by atoms with Gasteiger partial charge in [-0.2, -0.15) is 0 Å². The number of nitrogens with zero attached hydrogens (tertiary/aromatic N) is 1. The summed E-state index contributed by atoms with van der Waals surface area (Å²) in [5.41, 5.74) is 6.70. The predicted octanol–water partition coefficient (Wildman–Crippen LogP) is 2.95. The fraction of sp³-hybridized carbons (Fsp3) is 0.650. The van der Waals surface area contributed by atoms with Gasteiger partial charge in [-0.3, -0.25) is 9.69 Å². The Morgan fingerprint density at radius 1 is 1.23 bits per heavy atom. The van der Waals surface area contributed by atoms with E-state index in [0.717, 1.165) is 57.2 Å². The molecule has 1 saturated carbocycles. The normalized spacial score (nSPS) is 28.1. The molecule has 1 saturated heterocycles. The summed E-state index contributed by atoms with van der Waals surface area (Å²) in [6.45, 7) is 4.24. The highest BCUT2D eigenvalue weighted by atomic mass is 19.2. The van der Waals surface area contributed by atoms with Gasteiger partial charge in [-0.25, -0.2) is 8.78 Å². The van der Waals surface area contributed by atoms with Gasteiger partial charge in [-0.05, 0) is 50.3 Å². The summed E-state index contributed by atoms with van der Waals surface area (Å²) in [5.74, 6) is -1.63. The zero-order valence-electron chi connectivity index (χ0n) is 15.4. The highest BCUT2D eigenvalue weighted by Gasteiger charge is 2.38. The number of halogens is 2. The molecule has 0 aromatic heterocycles. The molecule has 3 N–H and O–H groups in total. The predicted molar refractivity (Wildman–Crippen MR) is 97.4 cm³/mol. The zero-order chi connectivity index (χ0) is 18.7. The molecule has 6 heteroatoms. The van der Waals surface area contributed by atoms with Crippen LogP contribution in [0.25, 0.3) is 0 Å². The molecule has 1 aliphatic heterocycles. The van der Waals surface area contributed by atoms with Crippen molar-refractivity contribution in [2.24, 2.45) is 11.7 Å². The highest BCUT2D eigenvalue weighted by molar-refractivity contribution is 5.80. The van der Waals surface area contributed by atoms with Gasteiger partial charge in [0.1, 0.15) is 0 Å². The minimum absolute atomic E-state index is 0.0914. The van der Waals surface area contributed by atoms with Gasteiger partial charge in [-0.15, -0.1) is 0 Å². The second-order valence-electron chi connectivity index (χ2n) is 8.11. The summed E-state index contributed by atoms with van der Waals surface area (Å²) in [5, 5.41) is 3.19. The van der Waals surface area contributed by atoms with Crippen LogP contribution in [0.5, 0.6) is 0 Å². The molecule has 1 aromatic carbocycles. The van der Waals surface area contributed by atoms with Gasteiger partial charge < -0.3 is 11.1 Å². The minimum Gasteiger partial charge on any atom is -0.353 e. The SMILES string of the molecule is CC1(N)CCCCC1C(=O)NC1CCN(Cc2ccc(F)c(F)c2)CC1. The molecule has 4 nitrogen and oxygen atoms in total. The lowest BCUT2D eigenvalue weighted by atomic mass is 9.74. The lowest BCUT2D eigenvalue weighted by Gasteiger charge is -2.39. The Morgan fingerprint density at radius 2 is 1.96 bits per heavy atom. The van der Waals surface area contributed by atoms with Crippen LogP contribution in [0, 0.1) is 17.6 Å². The Bertz CT molecular complexity index is 642. The molecule has 144 valence electrons. The maximum atomic E-state index is 13.3. The van der Waals surface area contributed by atoms with Crippen molar-refractivity contribution in [3.8, 4) is 0 Å². The van der Waals surface area contributed by atoms with Crippen molar-refractivity contribution in [2.45, 2.75) is 63.6 Å². The van der Waals surface area contributed by atoms with E-state index in [1.54, 1.807) is 6.07 Å². The second kappa shape index (κ2) is 8.01. The Hall–Kier alpha value is -1.53. The van der Waals surface area contributed by atoms with Crippen LogP contribution in [0.1, 0.15) is 51.0 Å². The number of likely N-dealkylation sites (tertiary alicyclic amines) is 1. The first-order valence-corrected chi connectivity index (χ1v) is 9.61. The van der Waals surface area contributed by atoms with Crippen molar-refractivity contribution in [1.29, 1.82) is 0 Å². The van der Waals surface area contributed by atoms with E-state index in [-0.39, 0.29) is 17.9 Å². The molecule has 1 aliphatic carbocycles. The number of carbonyl (C=O) groups excluding carboxylic acids is 1. The standard InChI is InChI=1S/C20H29F2N3O/c1-20(23)9-3-2-4-16(20)19(26)24-15-7-10-25(11-8-15)13-14-5-6-17(21)18(22)12-14/h5-6,12,15-16H,2-4,7-11,13,23H2,1H3,(H,24,26). The maximum Gasteiger partial charge on any atom is 0.225 e. The van der Waals surface area contributed by atoms with Gasteiger partial charge in [0.15, 0.2) is 11.6 Å². The van der Waals surface area contributed by atoms with E-state index in [4.69, 9.17) is 5.73 Å². The number of amides is 1. The van der Waals surface area contributed by atoms with Gasteiger partial charge in [0, 0.05) is 31.2 Å². The maximum absolute atomic E-state index is 13.3. The van der Waals surface area contributed by atoms with Crippen molar-refractivity contribution in [3.63, 3.8) is 0 Å². The van der Waals surface area contributed by atoms with Crippen LogP contribution in [-0.4, -0.2) is 35.5 Å². The second-order valence-corrected chi connectivity index (χ2v) is 8.11. The summed E-state index contributed by atoms with van der Waals surface area (Å²) in [6, 6.07) is 4.22. The number of hydrogen-bond donors (Lipinski definition) is 2. The molecule has 2 fully saturated rings. The van der Waals surface area contributed by atoms with E-state index in [9.17, 15) is 13.6 Å². The van der Waals surface area contributed by atoms with E-state index in [1.165, 1.54) is 12.1 Å². The molecule has 26 heavy (non-hydrogen) atoms. The van der Waals surface area contributed by atoms with Gasteiger partial charge in [0.25, 0.3) is 0 Å². The van der Waals surface area contributed by atoms with Crippen molar-refractivity contribution in [2.75, 3.05) is 13.1 Å². The van der Waals surface area contributed by atoms with Gasteiger partial charge >= 0.3 is 0 Å². The fourth-order valence-corrected chi connectivity index (χ4v) is 4.22. The summed E-state index contributed by atoms with van der Waals surface area (Å²) < 4.78 is 26.3. The zero-order valence-corrected chi connectivity index (χ0v) is 15.4. The summed E-state index contributed by atoms with van der Waals surface area (Å²) in [4.78, 5) is 14.9. The van der Waals surface area contributed by atoms with Crippen molar-refractivity contribution < 1.29 is 13.6 Å². The molecule has 2 aliphatic rings. The van der Waals surface area contributed by atoms with Gasteiger partial charge in [-0.1, -0.05) is 18.9 Å². The number of carbonyl (C=O) groups is 1. The highest BCUT2D eigenvalue weighted by Crippen LogP contribution is 2.32. The Morgan fingerprint density at radius 3 is 2.62 bits per heavy atom. The van der Waals surface area contributed by atoms with Gasteiger partial charge in [0.2, 0.25) is 5.91 Å².